The fourth-order valence-electron chi connectivity index (χ4n) is 3.51. The molecule has 0 spiro atoms. The zero-order chi connectivity index (χ0) is 20.8. The molecule has 152 valence electrons. The predicted octanol–water partition coefficient (Wildman–Crippen LogP) is 2.52. The lowest BCUT2D eigenvalue weighted by molar-refractivity contribution is -0.287. The molecule has 2 aromatic rings. The second-order valence-corrected chi connectivity index (χ2v) is 6.66. The van der Waals surface area contributed by atoms with E-state index in [0.29, 0.717) is 5.75 Å². The number of carbonyl (C=O) groups is 2. The van der Waals surface area contributed by atoms with E-state index < -0.39 is 35.7 Å². The normalized spacial score (nSPS) is 25.9. The minimum atomic E-state index is -5.31. The van der Waals surface area contributed by atoms with Crippen LogP contribution >= 0.6 is 0 Å². The summed E-state index contributed by atoms with van der Waals surface area (Å²) in [7, 11) is 0. The number of carbonyl (C=O) groups excluding carboxylic acids is 2. The number of hydrogen-bond donors (Lipinski definition) is 3. The summed E-state index contributed by atoms with van der Waals surface area (Å²) >= 11 is 0. The number of hydrogen-bond acceptors (Lipinski definition) is 5. The van der Waals surface area contributed by atoms with Gasteiger partial charge in [0.05, 0.1) is 6.04 Å². The highest BCUT2D eigenvalue weighted by Crippen LogP contribution is 2.45. The number of urea groups is 1. The van der Waals surface area contributed by atoms with Gasteiger partial charge >= 0.3 is 12.2 Å². The second-order valence-electron chi connectivity index (χ2n) is 6.66. The van der Waals surface area contributed by atoms with Crippen molar-refractivity contribution < 1.29 is 37.3 Å². The van der Waals surface area contributed by atoms with Crippen LogP contribution in [0.1, 0.15) is 22.0 Å². The topological polar surface area (TPSA) is 96.9 Å². The molecule has 2 aliphatic heterocycles. The van der Waals surface area contributed by atoms with Crippen molar-refractivity contribution in [3.05, 3.63) is 59.7 Å². The first-order valence-electron chi connectivity index (χ1n) is 8.57. The number of amides is 2. The predicted molar refractivity (Wildman–Crippen MR) is 92.2 cm³/mol. The number of aliphatic hydroxyl groups is 1. The van der Waals surface area contributed by atoms with Gasteiger partial charge in [-0.05, 0) is 17.7 Å². The smallest absolute Gasteiger partial charge is 0.437 e. The Balaban J connectivity index is 1.84. The Labute approximate surface area is 162 Å². The molecule has 1 fully saturated rings. The van der Waals surface area contributed by atoms with Crippen LogP contribution in [-0.4, -0.2) is 35.6 Å². The van der Waals surface area contributed by atoms with Crippen molar-refractivity contribution in [1.29, 1.82) is 0 Å². The molecule has 3 atom stereocenters. The maximum Gasteiger partial charge on any atom is 0.437 e. The molecular weight excluding hydrogens is 393 g/mol. The van der Waals surface area contributed by atoms with E-state index in [1.807, 2.05) is 0 Å². The van der Waals surface area contributed by atoms with E-state index in [1.54, 1.807) is 6.07 Å². The van der Waals surface area contributed by atoms with Crippen LogP contribution in [0.5, 0.6) is 11.5 Å². The fourth-order valence-corrected chi connectivity index (χ4v) is 3.51. The quantitative estimate of drug-likeness (QED) is 0.679. The Kier molecular flexibility index (Phi) is 4.38. The Bertz CT molecular complexity index is 966. The number of alkyl halides is 3. The highest BCUT2D eigenvalue weighted by molar-refractivity contribution is 6.00. The molecule has 2 aromatic carbocycles. The number of ketones is 1. The minimum Gasteiger partial charge on any atom is -0.454 e. The van der Waals surface area contributed by atoms with Gasteiger partial charge in [0.2, 0.25) is 12.5 Å². The number of nitrogens with one attached hydrogen (secondary N) is 2. The summed E-state index contributed by atoms with van der Waals surface area (Å²) in [5, 5.41) is 14.3. The molecule has 29 heavy (non-hydrogen) atoms. The average molecular weight is 408 g/mol. The van der Waals surface area contributed by atoms with Crippen LogP contribution in [0, 0.1) is 5.92 Å². The van der Waals surface area contributed by atoms with Crippen molar-refractivity contribution in [2.45, 2.75) is 17.9 Å². The Hall–Kier alpha value is -3.27. The van der Waals surface area contributed by atoms with Gasteiger partial charge in [-0.1, -0.05) is 36.4 Å². The molecule has 0 aliphatic carbocycles. The van der Waals surface area contributed by atoms with Gasteiger partial charge in [-0.15, -0.1) is 0 Å². The van der Waals surface area contributed by atoms with Gasteiger partial charge in [0, 0.05) is 5.56 Å². The molecular formula is C19H15F3N2O5. The monoisotopic (exact) mass is 408 g/mol. The molecule has 0 unspecified atom stereocenters. The third-order valence-electron chi connectivity index (χ3n) is 4.90. The summed E-state index contributed by atoms with van der Waals surface area (Å²) in [5.41, 5.74) is -3.66. The molecule has 0 bridgehead atoms. The summed E-state index contributed by atoms with van der Waals surface area (Å²) in [6.45, 7) is -0.0593. The molecule has 0 aromatic heterocycles. The molecule has 2 aliphatic rings. The second kappa shape index (κ2) is 6.66. The largest absolute Gasteiger partial charge is 0.454 e. The average Bonchev–Trinajstić information content (AvgIpc) is 3.14. The lowest BCUT2D eigenvalue weighted by atomic mass is 9.77. The Morgan fingerprint density at radius 3 is 2.48 bits per heavy atom. The third-order valence-corrected chi connectivity index (χ3v) is 4.90. The van der Waals surface area contributed by atoms with Gasteiger partial charge in [0.15, 0.2) is 17.3 Å². The zero-order valence-corrected chi connectivity index (χ0v) is 14.7. The highest BCUT2D eigenvalue weighted by atomic mass is 19.4. The summed E-state index contributed by atoms with van der Waals surface area (Å²) in [4.78, 5) is 25.1. The van der Waals surface area contributed by atoms with E-state index in [-0.39, 0.29) is 23.7 Å². The van der Waals surface area contributed by atoms with E-state index in [9.17, 15) is 27.9 Å². The Morgan fingerprint density at radius 1 is 1.10 bits per heavy atom. The number of fused-ring (bicyclic) bond motifs is 1. The molecule has 3 N–H and O–H groups in total. The van der Waals surface area contributed by atoms with Gasteiger partial charge < -0.3 is 25.2 Å². The molecule has 2 heterocycles. The summed E-state index contributed by atoms with van der Waals surface area (Å²) < 4.78 is 52.0. The number of halogens is 3. The van der Waals surface area contributed by atoms with Crippen molar-refractivity contribution in [2.75, 3.05) is 6.79 Å². The van der Waals surface area contributed by atoms with Crippen LogP contribution in [0.3, 0.4) is 0 Å². The first kappa shape index (κ1) is 19.1. The third kappa shape index (κ3) is 3.15. The molecule has 7 nitrogen and oxygen atoms in total. The maximum atomic E-state index is 13.8. The van der Waals surface area contributed by atoms with Crippen molar-refractivity contribution in [3.63, 3.8) is 0 Å². The van der Waals surface area contributed by atoms with E-state index in [0.717, 1.165) is 0 Å². The van der Waals surface area contributed by atoms with Crippen LogP contribution in [0.4, 0.5) is 18.0 Å². The summed E-state index contributed by atoms with van der Waals surface area (Å²) in [6, 6.07) is 8.77. The number of rotatable bonds is 3. The van der Waals surface area contributed by atoms with Crippen LogP contribution in [0.25, 0.3) is 0 Å². The van der Waals surface area contributed by atoms with Gasteiger partial charge in [0.1, 0.15) is 5.92 Å². The lowest BCUT2D eigenvalue weighted by Gasteiger charge is -2.45. The van der Waals surface area contributed by atoms with Gasteiger partial charge in [-0.25, -0.2) is 4.79 Å². The van der Waals surface area contributed by atoms with E-state index >= 15 is 0 Å². The lowest BCUT2D eigenvalue weighted by Crippen LogP contribution is -2.72. The molecule has 1 saturated heterocycles. The van der Waals surface area contributed by atoms with Crippen molar-refractivity contribution in [1.82, 2.24) is 10.6 Å². The number of ether oxygens (including phenoxy) is 2. The van der Waals surface area contributed by atoms with Crippen LogP contribution in [0.2, 0.25) is 0 Å². The molecule has 0 radical (unpaired) electrons. The standard InChI is InChI=1S/C19H15F3N2O5/c20-19(21,22)18(27)14(16(25)10-4-2-1-3-5-10)15(23-17(26)24-18)11-6-7-12-13(8-11)29-9-28-12/h1-8,14-15,27H,9H2,(H2,23,24,26)/t14-,15+,18-/m0/s1. The van der Waals surface area contributed by atoms with Crippen LogP contribution in [-0.2, 0) is 0 Å². The van der Waals surface area contributed by atoms with Gasteiger partial charge in [0.25, 0.3) is 0 Å². The van der Waals surface area contributed by atoms with Crippen molar-refractivity contribution >= 4 is 11.8 Å². The van der Waals surface area contributed by atoms with E-state index in [2.05, 4.69) is 5.32 Å². The molecule has 4 rings (SSSR count). The highest BCUT2D eigenvalue weighted by Gasteiger charge is 2.66. The SMILES string of the molecule is O=C1N[C@H](c2ccc3c(c2)OCO3)[C@@H](C(=O)c2ccccc2)[C@](O)(C(F)(F)F)N1. The first-order chi connectivity index (χ1) is 13.7. The first-order valence-corrected chi connectivity index (χ1v) is 8.57. The fraction of sp³-hybridized carbons (Fsp3) is 0.263. The van der Waals surface area contributed by atoms with Crippen LogP contribution in [0.15, 0.2) is 48.5 Å². The van der Waals surface area contributed by atoms with Gasteiger partial charge in [-0.2, -0.15) is 13.2 Å². The van der Waals surface area contributed by atoms with Crippen LogP contribution < -0.4 is 20.1 Å². The molecule has 10 heteroatoms. The number of benzene rings is 2. The van der Waals surface area contributed by atoms with Crippen molar-refractivity contribution in [3.8, 4) is 11.5 Å². The summed E-state index contributed by atoms with van der Waals surface area (Å²) in [6.07, 6.45) is -5.31. The van der Waals surface area contributed by atoms with Gasteiger partial charge in [-0.3, -0.25) is 4.79 Å². The molecule has 2 amide bonds. The maximum absolute atomic E-state index is 13.8. The van der Waals surface area contributed by atoms with E-state index in [4.69, 9.17) is 9.47 Å². The molecule has 0 saturated carbocycles. The van der Waals surface area contributed by atoms with E-state index in [1.165, 1.54) is 47.8 Å². The summed E-state index contributed by atoms with van der Waals surface area (Å²) in [5.74, 6) is -2.44. The van der Waals surface area contributed by atoms with Crippen molar-refractivity contribution in [2.24, 2.45) is 5.92 Å². The number of Topliss-reactive ketones (excluding diaryl/α,β-unsaturated/α-hetero) is 1. The Morgan fingerprint density at radius 2 is 1.79 bits per heavy atom. The minimum absolute atomic E-state index is 0.0381. The zero-order valence-electron chi connectivity index (χ0n) is 14.7.